The Morgan fingerprint density at radius 3 is 2.28 bits per heavy atom. The minimum Gasteiger partial charge on any atom is -0.386 e. The summed E-state index contributed by atoms with van der Waals surface area (Å²) in [5.41, 5.74) is 4.45. The first-order valence-corrected chi connectivity index (χ1v) is 9.67. The molecule has 2 aromatic rings. The number of carbonyl (C=O) groups excluding carboxylic acids is 2. The lowest BCUT2D eigenvalue weighted by molar-refractivity contribution is -0.120. The molecule has 3 amide bonds. The van der Waals surface area contributed by atoms with E-state index in [1.807, 2.05) is 62.4 Å². The molecular formula is C22H26N4O3. The molecule has 1 heterocycles. The van der Waals surface area contributed by atoms with E-state index in [0.29, 0.717) is 25.9 Å². The molecule has 3 rings (SSSR count). The summed E-state index contributed by atoms with van der Waals surface area (Å²) in [4.78, 5) is 31.4. The van der Waals surface area contributed by atoms with Crippen molar-refractivity contribution >= 4 is 29.0 Å². The zero-order chi connectivity index (χ0) is 20.6. The van der Waals surface area contributed by atoms with Gasteiger partial charge in [0.05, 0.1) is 5.71 Å². The van der Waals surface area contributed by atoms with Crippen molar-refractivity contribution in [2.75, 3.05) is 30.3 Å². The van der Waals surface area contributed by atoms with Crippen molar-refractivity contribution in [1.82, 2.24) is 4.90 Å². The minimum absolute atomic E-state index is 0.121. The van der Waals surface area contributed by atoms with Crippen molar-refractivity contribution in [2.24, 2.45) is 5.16 Å². The smallest absolute Gasteiger partial charge is 0.321 e. The number of aryl methyl sites for hydroxylation is 2. The Balaban J connectivity index is 1.41. The average Bonchev–Trinajstić information content (AvgIpc) is 2.72. The molecule has 0 spiro atoms. The third-order valence-electron chi connectivity index (χ3n) is 4.79. The monoisotopic (exact) mass is 394 g/mol. The van der Waals surface area contributed by atoms with Crippen LogP contribution in [0.3, 0.4) is 0 Å². The number of nitrogens with zero attached hydrogens (tertiary/aromatic N) is 2. The number of urea groups is 1. The topological polar surface area (TPSA) is 83.0 Å². The molecule has 1 saturated heterocycles. The van der Waals surface area contributed by atoms with E-state index in [1.54, 1.807) is 4.90 Å². The number of nitrogens with one attached hydrogen (secondary N) is 2. The van der Waals surface area contributed by atoms with Gasteiger partial charge in [-0.3, -0.25) is 4.79 Å². The number of likely N-dealkylation sites (tertiary alicyclic amines) is 1. The maximum atomic E-state index is 12.3. The first kappa shape index (κ1) is 20.4. The molecule has 29 heavy (non-hydrogen) atoms. The normalized spacial score (nSPS) is 13.6. The molecule has 152 valence electrons. The van der Waals surface area contributed by atoms with Crippen LogP contribution < -0.4 is 10.6 Å². The van der Waals surface area contributed by atoms with Crippen molar-refractivity contribution < 1.29 is 14.4 Å². The number of carbonyl (C=O) groups is 2. The quantitative estimate of drug-likeness (QED) is 0.754. The number of anilines is 2. The van der Waals surface area contributed by atoms with Gasteiger partial charge in [0.15, 0.2) is 6.61 Å². The maximum absolute atomic E-state index is 12.3. The van der Waals surface area contributed by atoms with Crippen LogP contribution in [0.25, 0.3) is 0 Å². The largest absolute Gasteiger partial charge is 0.386 e. The molecule has 0 atom stereocenters. The second-order valence-corrected chi connectivity index (χ2v) is 7.03. The standard InChI is InChI=1S/C22H26N4O3/c1-16-7-6-8-17(2)21(16)24-20(27)15-29-25-19-11-13-26(14-12-19)22(28)23-18-9-4-3-5-10-18/h3-10H,11-15H2,1-2H3,(H,23,28)(H,24,27). The Hall–Kier alpha value is -3.35. The summed E-state index contributed by atoms with van der Waals surface area (Å²) >= 11 is 0. The summed E-state index contributed by atoms with van der Waals surface area (Å²) in [5, 5.41) is 9.83. The Bertz CT molecular complexity index is 866. The lowest BCUT2D eigenvalue weighted by atomic mass is 10.1. The summed E-state index contributed by atoms with van der Waals surface area (Å²) in [6, 6.07) is 15.1. The Morgan fingerprint density at radius 2 is 1.62 bits per heavy atom. The number of piperidine rings is 1. The van der Waals surface area contributed by atoms with E-state index in [1.165, 1.54) is 0 Å². The molecule has 2 aromatic carbocycles. The Labute approximate surface area is 170 Å². The average molecular weight is 394 g/mol. The fraction of sp³-hybridized carbons (Fsp3) is 0.318. The summed E-state index contributed by atoms with van der Waals surface area (Å²) in [7, 11) is 0. The molecule has 1 aliphatic heterocycles. The van der Waals surface area contributed by atoms with E-state index in [9.17, 15) is 9.59 Å². The molecular weight excluding hydrogens is 368 g/mol. The molecule has 1 aliphatic rings. The molecule has 0 bridgehead atoms. The van der Waals surface area contributed by atoms with Gasteiger partial charge in [-0.2, -0.15) is 0 Å². The summed E-state index contributed by atoms with van der Waals surface area (Å²) in [6.45, 7) is 4.89. The predicted octanol–water partition coefficient (Wildman–Crippen LogP) is 3.94. The van der Waals surface area contributed by atoms with Crippen molar-refractivity contribution in [2.45, 2.75) is 26.7 Å². The summed E-state index contributed by atoms with van der Waals surface area (Å²) in [6.07, 6.45) is 1.25. The number of benzene rings is 2. The Morgan fingerprint density at radius 1 is 0.966 bits per heavy atom. The van der Waals surface area contributed by atoms with Crippen LogP contribution in [0, 0.1) is 13.8 Å². The first-order chi connectivity index (χ1) is 14.0. The van der Waals surface area contributed by atoms with E-state index in [4.69, 9.17) is 4.84 Å². The lowest BCUT2D eigenvalue weighted by Gasteiger charge is -2.27. The molecule has 0 aliphatic carbocycles. The van der Waals surface area contributed by atoms with Gasteiger partial charge in [0.25, 0.3) is 5.91 Å². The van der Waals surface area contributed by atoms with Gasteiger partial charge < -0.3 is 20.4 Å². The lowest BCUT2D eigenvalue weighted by Crippen LogP contribution is -2.41. The van der Waals surface area contributed by atoms with Crippen LogP contribution in [0.4, 0.5) is 16.2 Å². The van der Waals surface area contributed by atoms with Gasteiger partial charge in [0.1, 0.15) is 0 Å². The highest BCUT2D eigenvalue weighted by molar-refractivity contribution is 5.94. The second kappa shape index (κ2) is 9.73. The predicted molar refractivity (Wildman–Crippen MR) is 114 cm³/mol. The van der Waals surface area contributed by atoms with Gasteiger partial charge >= 0.3 is 6.03 Å². The highest BCUT2D eigenvalue weighted by Crippen LogP contribution is 2.19. The van der Waals surface area contributed by atoms with E-state index in [2.05, 4.69) is 15.8 Å². The van der Waals surface area contributed by atoms with Crippen LogP contribution >= 0.6 is 0 Å². The second-order valence-electron chi connectivity index (χ2n) is 7.03. The fourth-order valence-corrected chi connectivity index (χ4v) is 3.15. The van der Waals surface area contributed by atoms with E-state index >= 15 is 0 Å². The molecule has 0 radical (unpaired) electrons. The van der Waals surface area contributed by atoms with Crippen LogP contribution in [0.1, 0.15) is 24.0 Å². The molecule has 7 nitrogen and oxygen atoms in total. The van der Waals surface area contributed by atoms with Crippen LogP contribution in [-0.2, 0) is 9.63 Å². The summed E-state index contributed by atoms with van der Waals surface area (Å²) < 4.78 is 0. The number of oxime groups is 1. The third kappa shape index (κ3) is 5.81. The first-order valence-electron chi connectivity index (χ1n) is 9.67. The number of hydrogen-bond donors (Lipinski definition) is 2. The molecule has 0 aromatic heterocycles. The highest BCUT2D eigenvalue weighted by Gasteiger charge is 2.20. The van der Waals surface area contributed by atoms with Crippen molar-refractivity contribution in [1.29, 1.82) is 0 Å². The van der Waals surface area contributed by atoms with Gasteiger partial charge in [0, 0.05) is 37.3 Å². The SMILES string of the molecule is Cc1cccc(C)c1NC(=O)CON=C1CCN(C(=O)Nc2ccccc2)CC1. The zero-order valence-corrected chi connectivity index (χ0v) is 16.8. The fourth-order valence-electron chi connectivity index (χ4n) is 3.15. The van der Waals surface area contributed by atoms with Gasteiger partial charge in [0.2, 0.25) is 0 Å². The van der Waals surface area contributed by atoms with Crippen LogP contribution in [0.2, 0.25) is 0 Å². The molecule has 2 N–H and O–H groups in total. The molecule has 0 saturated carbocycles. The number of rotatable bonds is 5. The number of hydrogen-bond acceptors (Lipinski definition) is 4. The van der Waals surface area contributed by atoms with Crippen molar-refractivity contribution in [3.8, 4) is 0 Å². The van der Waals surface area contributed by atoms with Gasteiger partial charge in [-0.05, 0) is 37.1 Å². The van der Waals surface area contributed by atoms with Crippen LogP contribution in [0.15, 0.2) is 53.7 Å². The van der Waals surface area contributed by atoms with E-state index < -0.39 is 0 Å². The van der Waals surface area contributed by atoms with E-state index in [0.717, 1.165) is 28.2 Å². The number of para-hydroxylation sites is 2. The van der Waals surface area contributed by atoms with Gasteiger partial charge in [-0.15, -0.1) is 0 Å². The summed E-state index contributed by atoms with van der Waals surface area (Å²) in [5.74, 6) is -0.244. The van der Waals surface area contributed by atoms with Gasteiger partial charge in [-0.25, -0.2) is 4.79 Å². The van der Waals surface area contributed by atoms with Crippen molar-refractivity contribution in [3.63, 3.8) is 0 Å². The molecule has 0 unspecified atom stereocenters. The molecule has 7 heteroatoms. The third-order valence-corrected chi connectivity index (χ3v) is 4.79. The van der Waals surface area contributed by atoms with E-state index in [-0.39, 0.29) is 18.5 Å². The van der Waals surface area contributed by atoms with Crippen LogP contribution in [0.5, 0.6) is 0 Å². The maximum Gasteiger partial charge on any atom is 0.321 e. The zero-order valence-electron chi connectivity index (χ0n) is 16.8. The van der Waals surface area contributed by atoms with Crippen molar-refractivity contribution in [3.05, 3.63) is 59.7 Å². The number of amides is 3. The minimum atomic E-state index is -0.244. The van der Waals surface area contributed by atoms with Gasteiger partial charge in [-0.1, -0.05) is 41.6 Å². The Kier molecular flexibility index (Phi) is 6.84. The van der Waals surface area contributed by atoms with Crippen LogP contribution in [-0.4, -0.2) is 42.2 Å². The molecule has 1 fully saturated rings. The highest BCUT2D eigenvalue weighted by atomic mass is 16.6.